The van der Waals surface area contributed by atoms with E-state index in [1.165, 1.54) is 12.1 Å². The van der Waals surface area contributed by atoms with Crippen LogP contribution in [0.3, 0.4) is 0 Å². The summed E-state index contributed by atoms with van der Waals surface area (Å²) in [5.74, 6) is 1.54. The summed E-state index contributed by atoms with van der Waals surface area (Å²) in [6.45, 7) is 4.86. The average molecular weight is 410 g/mol. The summed E-state index contributed by atoms with van der Waals surface area (Å²) in [7, 11) is 0. The van der Waals surface area contributed by atoms with Crippen LogP contribution in [-0.4, -0.2) is 46.9 Å². The maximum atomic E-state index is 14.2. The molecule has 0 aliphatic carbocycles. The molecule has 1 saturated heterocycles. The lowest BCUT2D eigenvalue weighted by molar-refractivity contribution is 0.0772. The lowest BCUT2D eigenvalue weighted by atomic mass is 10.1. The zero-order valence-electron chi connectivity index (χ0n) is 16.5. The molecule has 0 spiro atoms. The molecule has 1 amide bonds. The van der Waals surface area contributed by atoms with Gasteiger partial charge < -0.3 is 9.80 Å². The molecule has 0 radical (unpaired) electrons. The number of hydrogen-bond donors (Lipinski definition) is 0. The largest absolute Gasteiger partial charge is 0.366 e. The Balaban J connectivity index is 1.83. The van der Waals surface area contributed by atoms with Crippen LogP contribution < -0.4 is 4.90 Å². The molecular formula is C23H24FN3OS. The van der Waals surface area contributed by atoms with E-state index in [9.17, 15) is 9.18 Å². The molecule has 6 heteroatoms. The maximum Gasteiger partial charge on any atom is 0.257 e. The van der Waals surface area contributed by atoms with E-state index in [-0.39, 0.29) is 11.7 Å². The lowest BCUT2D eigenvalue weighted by Crippen LogP contribution is -2.39. The fourth-order valence-electron chi connectivity index (χ4n) is 3.74. The van der Waals surface area contributed by atoms with Crippen LogP contribution in [0.5, 0.6) is 0 Å². The van der Waals surface area contributed by atoms with Gasteiger partial charge in [-0.1, -0.05) is 30.3 Å². The second kappa shape index (κ2) is 8.82. The molecule has 150 valence electrons. The van der Waals surface area contributed by atoms with Crippen molar-refractivity contribution in [2.75, 3.05) is 36.0 Å². The highest BCUT2D eigenvalue weighted by Crippen LogP contribution is 2.32. The number of hydrogen-bond acceptors (Lipinski definition) is 4. The Hall–Kier alpha value is -2.60. The second-order valence-electron chi connectivity index (χ2n) is 7.09. The monoisotopic (exact) mass is 409 g/mol. The second-order valence-corrected chi connectivity index (χ2v) is 8.31. The molecule has 29 heavy (non-hydrogen) atoms. The molecule has 1 aliphatic rings. The molecule has 0 saturated carbocycles. The summed E-state index contributed by atoms with van der Waals surface area (Å²) in [5.41, 5.74) is 3.15. The van der Waals surface area contributed by atoms with Gasteiger partial charge in [0.05, 0.1) is 16.8 Å². The van der Waals surface area contributed by atoms with Crippen molar-refractivity contribution in [2.45, 2.75) is 13.5 Å². The van der Waals surface area contributed by atoms with Crippen molar-refractivity contribution in [3.63, 3.8) is 0 Å². The standard InChI is InChI=1S/C23H24FN3OS/c1-2-26(16-17-6-4-3-5-7-17)22-19-14-18(24)8-9-21(19)25-15-20(22)23(28)27-10-12-29-13-11-27/h3-9,14-15H,2,10-13,16H2,1H3. The number of pyridine rings is 1. The number of fused-ring (bicyclic) bond motifs is 1. The Morgan fingerprint density at radius 2 is 1.93 bits per heavy atom. The van der Waals surface area contributed by atoms with Gasteiger partial charge in [0.1, 0.15) is 5.82 Å². The van der Waals surface area contributed by atoms with Crippen molar-refractivity contribution in [1.82, 2.24) is 9.88 Å². The molecule has 1 aliphatic heterocycles. The number of halogens is 1. The van der Waals surface area contributed by atoms with E-state index >= 15 is 0 Å². The van der Waals surface area contributed by atoms with Crippen LogP contribution in [-0.2, 0) is 6.54 Å². The molecule has 2 heterocycles. The third kappa shape index (κ3) is 4.22. The highest BCUT2D eigenvalue weighted by molar-refractivity contribution is 7.99. The van der Waals surface area contributed by atoms with Gasteiger partial charge >= 0.3 is 0 Å². The first kappa shape index (κ1) is 19.7. The molecule has 0 N–H and O–H groups in total. The van der Waals surface area contributed by atoms with Crippen LogP contribution >= 0.6 is 11.8 Å². The normalized spacial score (nSPS) is 14.2. The molecule has 1 fully saturated rings. The summed E-state index contributed by atoms with van der Waals surface area (Å²) >= 11 is 1.86. The zero-order valence-corrected chi connectivity index (χ0v) is 17.3. The molecule has 4 nitrogen and oxygen atoms in total. The van der Waals surface area contributed by atoms with E-state index < -0.39 is 0 Å². The molecule has 4 rings (SSSR count). The Bertz CT molecular complexity index is 1010. The van der Waals surface area contributed by atoms with Crippen LogP contribution in [0.25, 0.3) is 10.9 Å². The fourth-order valence-corrected chi connectivity index (χ4v) is 4.64. The van der Waals surface area contributed by atoms with E-state index in [0.29, 0.717) is 29.6 Å². The minimum atomic E-state index is -0.324. The summed E-state index contributed by atoms with van der Waals surface area (Å²) in [5, 5.41) is 0.681. The quantitative estimate of drug-likeness (QED) is 0.618. The van der Waals surface area contributed by atoms with Crippen molar-refractivity contribution in [3.8, 4) is 0 Å². The van der Waals surface area contributed by atoms with Gasteiger partial charge in [0, 0.05) is 49.3 Å². The minimum absolute atomic E-state index is 0.0227. The average Bonchev–Trinajstić information content (AvgIpc) is 2.77. The maximum absolute atomic E-state index is 14.2. The number of benzene rings is 2. The van der Waals surface area contributed by atoms with Crippen LogP contribution in [0.15, 0.2) is 54.7 Å². The van der Waals surface area contributed by atoms with Gasteiger partial charge in [-0.05, 0) is 30.7 Å². The minimum Gasteiger partial charge on any atom is -0.366 e. The molecule has 2 aromatic carbocycles. The topological polar surface area (TPSA) is 36.4 Å². The van der Waals surface area contributed by atoms with E-state index in [4.69, 9.17) is 0 Å². The van der Waals surface area contributed by atoms with E-state index in [0.717, 1.165) is 35.8 Å². The Morgan fingerprint density at radius 1 is 1.17 bits per heavy atom. The fraction of sp³-hybridized carbons (Fsp3) is 0.304. The number of amides is 1. The van der Waals surface area contributed by atoms with Crippen molar-refractivity contribution in [2.24, 2.45) is 0 Å². The Morgan fingerprint density at radius 3 is 2.66 bits per heavy atom. The van der Waals surface area contributed by atoms with E-state index in [2.05, 4.69) is 28.9 Å². The number of rotatable bonds is 5. The predicted molar refractivity (Wildman–Crippen MR) is 118 cm³/mol. The summed E-state index contributed by atoms with van der Waals surface area (Å²) in [6.07, 6.45) is 1.66. The Kier molecular flexibility index (Phi) is 6.00. The van der Waals surface area contributed by atoms with Gasteiger partial charge in [-0.3, -0.25) is 9.78 Å². The lowest BCUT2D eigenvalue weighted by Gasteiger charge is -2.31. The van der Waals surface area contributed by atoms with Crippen LogP contribution in [0, 0.1) is 5.82 Å². The number of anilines is 1. The third-order valence-corrected chi connectivity index (χ3v) is 6.19. The molecule has 0 atom stereocenters. The summed E-state index contributed by atoms with van der Waals surface area (Å²) < 4.78 is 14.2. The number of aromatic nitrogens is 1. The molecule has 0 bridgehead atoms. The SMILES string of the molecule is CCN(Cc1ccccc1)c1c(C(=O)N2CCSCC2)cnc2ccc(F)cc12. The number of carbonyl (C=O) groups is 1. The highest BCUT2D eigenvalue weighted by Gasteiger charge is 2.25. The van der Waals surface area contributed by atoms with Gasteiger partial charge in [0.25, 0.3) is 5.91 Å². The van der Waals surface area contributed by atoms with Gasteiger partial charge in [-0.25, -0.2) is 4.39 Å². The van der Waals surface area contributed by atoms with Crippen LogP contribution in [0.4, 0.5) is 10.1 Å². The molecule has 0 unspecified atom stereocenters. The van der Waals surface area contributed by atoms with Crippen LogP contribution in [0.1, 0.15) is 22.8 Å². The van der Waals surface area contributed by atoms with E-state index in [1.54, 1.807) is 12.3 Å². The smallest absolute Gasteiger partial charge is 0.257 e. The third-order valence-electron chi connectivity index (χ3n) is 5.24. The van der Waals surface area contributed by atoms with Crippen molar-refractivity contribution in [1.29, 1.82) is 0 Å². The first-order valence-electron chi connectivity index (χ1n) is 9.91. The first-order valence-corrected chi connectivity index (χ1v) is 11.1. The first-order chi connectivity index (χ1) is 14.2. The number of carbonyl (C=O) groups excluding carboxylic acids is 1. The van der Waals surface area contributed by atoms with Gasteiger partial charge in [-0.15, -0.1) is 0 Å². The van der Waals surface area contributed by atoms with Gasteiger partial charge in [-0.2, -0.15) is 11.8 Å². The number of thioether (sulfide) groups is 1. The molecule has 1 aromatic heterocycles. The van der Waals surface area contributed by atoms with E-state index in [1.807, 2.05) is 34.9 Å². The van der Waals surface area contributed by atoms with Crippen molar-refractivity contribution >= 4 is 34.3 Å². The van der Waals surface area contributed by atoms with Gasteiger partial charge in [0.15, 0.2) is 0 Å². The Labute approximate surface area is 174 Å². The van der Waals surface area contributed by atoms with Gasteiger partial charge in [0.2, 0.25) is 0 Å². The summed E-state index contributed by atoms with van der Waals surface area (Å²) in [4.78, 5) is 21.9. The zero-order chi connectivity index (χ0) is 20.2. The van der Waals surface area contributed by atoms with Crippen molar-refractivity contribution in [3.05, 3.63) is 71.7 Å². The van der Waals surface area contributed by atoms with Crippen LogP contribution in [0.2, 0.25) is 0 Å². The summed E-state index contributed by atoms with van der Waals surface area (Å²) in [6, 6.07) is 14.7. The van der Waals surface area contributed by atoms with Crippen molar-refractivity contribution < 1.29 is 9.18 Å². The predicted octanol–water partition coefficient (Wildman–Crippen LogP) is 4.59. The number of nitrogens with zero attached hydrogens (tertiary/aromatic N) is 3. The highest BCUT2D eigenvalue weighted by atomic mass is 32.2. The molecular weight excluding hydrogens is 385 g/mol. The molecule has 3 aromatic rings.